The predicted molar refractivity (Wildman–Crippen MR) is 54.3 cm³/mol. The Kier molecular flexibility index (Phi) is 2.46. The maximum absolute atomic E-state index is 12.9. The Balaban J connectivity index is 2.31. The molecule has 0 saturated heterocycles. The molecule has 1 aliphatic heterocycles. The number of likely N-dealkylation sites (N-methyl/N-ethyl adjacent to an activating group) is 1. The van der Waals surface area contributed by atoms with E-state index in [1.165, 1.54) is 12.1 Å². The van der Waals surface area contributed by atoms with Crippen molar-refractivity contribution in [2.24, 2.45) is 0 Å². The second-order valence-electron chi connectivity index (χ2n) is 3.55. The smallest absolute Gasteiger partial charge is 0.145 e. The van der Waals surface area contributed by atoms with Gasteiger partial charge in [-0.05, 0) is 12.1 Å². The number of rotatable bonds is 1. The molecule has 1 aliphatic rings. The minimum absolute atomic E-state index is 0.0490. The topological polar surface area (TPSA) is 36.3 Å². The highest BCUT2D eigenvalue weighted by Crippen LogP contribution is 2.33. The third-order valence-corrected chi connectivity index (χ3v) is 2.61. The quantitative estimate of drug-likeness (QED) is 0.704. The Morgan fingerprint density at radius 3 is 3.20 bits per heavy atom. The Bertz CT molecular complexity index is 414. The maximum atomic E-state index is 12.9. The predicted octanol–water partition coefficient (Wildman–Crippen LogP) is 1.94. The molecule has 0 N–H and O–H groups in total. The van der Waals surface area contributed by atoms with Gasteiger partial charge in [-0.15, -0.1) is 0 Å². The van der Waals surface area contributed by atoms with Gasteiger partial charge in [-0.3, -0.25) is 0 Å². The van der Waals surface area contributed by atoms with Gasteiger partial charge in [0.1, 0.15) is 18.2 Å². The third-order valence-electron chi connectivity index (χ3n) is 2.61. The van der Waals surface area contributed by atoms with Crippen LogP contribution in [0.4, 0.5) is 10.1 Å². The number of nitrogens with zero attached hydrogens (tertiary/aromatic N) is 2. The summed E-state index contributed by atoms with van der Waals surface area (Å²) in [6.45, 7) is 0.431. The highest BCUT2D eigenvalue weighted by Gasteiger charge is 2.24. The van der Waals surface area contributed by atoms with Crippen molar-refractivity contribution in [2.45, 2.75) is 12.5 Å². The fourth-order valence-electron chi connectivity index (χ4n) is 1.69. The van der Waals surface area contributed by atoms with Crippen LogP contribution in [0, 0.1) is 17.1 Å². The number of ether oxygens (including phenoxy) is 1. The van der Waals surface area contributed by atoms with Crippen molar-refractivity contribution in [1.29, 1.82) is 5.26 Å². The summed E-state index contributed by atoms with van der Waals surface area (Å²) < 4.78 is 18.3. The van der Waals surface area contributed by atoms with E-state index in [2.05, 4.69) is 6.07 Å². The van der Waals surface area contributed by atoms with Crippen LogP contribution in [0.1, 0.15) is 6.42 Å². The zero-order valence-corrected chi connectivity index (χ0v) is 8.40. The van der Waals surface area contributed by atoms with Crippen molar-refractivity contribution in [2.75, 3.05) is 18.6 Å². The van der Waals surface area contributed by atoms with Crippen molar-refractivity contribution in [3.8, 4) is 11.8 Å². The molecule has 0 aliphatic carbocycles. The van der Waals surface area contributed by atoms with E-state index in [0.29, 0.717) is 18.8 Å². The van der Waals surface area contributed by atoms with E-state index < -0.39 is 0 Å². The van der Waals surface area contributed by atoms with E-state index in [1.807, 2.05) is 11.9 Å². The van der Waals surface area contributed by atoms with Gasteiger partial charge in [0.2, 0.25) is 0 Å². The van der Waals surface area contributed by atoms with Crippen LogP contribution in [-0.4, -0.2) is 19.7 Å². The first-order valence-corrected chi connectivity index (χ1v) is 4.74. The van der Waals surface area contributed by atoms with Gasteiger partial charge in [0.15, 0.2) is 0 Å². The summed E-state index contributed by atoms with van der Waals surface area (Å²) in [5.41, 5.74) is 0.836. The van der Waals surface area contributed by atoms with Gasteiger partial charge in [0, 0.05) is 13.1 Å². The van der Waals surface area contributed by atoms with Gasteiger partial charge in [-0.1, -0.05) is 0 Å². The summed E-state index contributed by atoms with van der Waals surface area (Å²) in [5.74, 6) is 0.243. The number of halogens is 1. The zero-order valence-electron chi connectivity index (χ0n) is 8.40. The minimum Gasteiger partial charge on any atom is -0.489 e. The monoisotopic (exact) mass is 206 g/mol. The fraction of sp³-hybridized carbons (Fsp3) is 0.364. The number of fused-ring (bicyclic) bond motifs is 1. The molecule has 0 amide bonds. The first kappa shape index (κ1) is 9.78. The van der Waals surface area contributed by atoms with Gasteiger partial charge in [0.25, 0.3) is 0 Å². The van der Waals surface area contributed by atoms with Crippen LogP contribution < -0.4 is 9.64 Å². The maximum Gasteiger partial charge on any atom is 0.145 e. The number of anilines is 1. The molecule has 0 radical (unpaired) electrons. The number of hydrogen-bond acceptors (Lipinski definition) is 3. The van der Waals surface area contributed by atoms with Crippen LogP contribution in [-0.2, 0) is 0 Å². The average Bonchev–Trinajstić information content (AvgIpc) is 2.22. The Morgan fingerprint density at radius 1 is 1.67 bits per heavy atom. The summed E-state index contributed by atoms with van der Waals surface area (Å²) in [4.78, 5) is 1.96. The van der Waals surface area contributed by atoms with E-state index in [0.717, 1.165) is 5.69 Å². The molecule has 2 rings (SSSR count). The highest BCUT2D eigenvalue weighted by molar-refractivity contribution is 5.60. The number of nitriles is 1. The molecule has 0 aromatic heterocycles. The van der Waals surface area contributed by atoms with Crippen molar-refractivity contribution in [1.82, 2.24) is 0 Å². The highest BCUT2D eigenvalue weighted by atomic mass is 19.1. The molecular weight excluding hydrogens is 195 g/mol. The van der Waals surface area contributed by atoms with Crippen LogP contribution >= 0.6 is 0 Å². The van der Waals surface area contributed by atoms with Crippen molar-refractivity contribution in [3.05, 3.63) is 24.0 Å². The molecule has 1 atom stereocenters. The summed E-state index contributed by atoms with van der Waals surface area (Å²) in [6.07, 6.45) is 0.410. The zero-order chi connectivity index (χ0) is 10.8. The van der Waals surface area contributed by atoms with E-state index in [4.69, 9.17) is 10.00 Å². The average molecular weight is 206 g/mol. The molecule has 1 aromatic rings. The normalized spacial score (nSPS) is 19.0. The molecule has 78 valence electrons. The second kappa shape index (κ2) is 3.77. The number of hydrogen-bond donors (Lipinski definition) is 0. The van der Waals surface area contributed by atoms with Crippen molar-refractivity contribution < 1.29 is 9.13 Å². The lowest BCUT2D eigenvalue weighted by atomic mass is 10.1. The molecule has 3 nitrogen and oxygen atoms in total. The van der Waals surface area contributed by atoms with Crippen molar-refractivity contribution >= 4 is 5.69 Å². The van der Waals surface area contributed by atoms with Gasteiger partial charge >= 0.3 is 0 Å². The van der Waals surface area contributed by atoms with Crippen LogP contribution in [0.15, 0.2) is 18.2 Å². The summed E-state index contributed by atoms with van der Waals surface area (Å²) in [7, 11) is 1.89. The molecule has 1 heterocycles. The number of benzene rings is 1. The molecular formula is C11H11FN2O. The molecule has 0 bridgehead atoms. The summed E-state index contributed by atoms with van der Waals surface area (Å²) >= 11 is 0. The van der Waals surface area contributed by atoms with Gasteiger partial charge in [0.05, 0.1) is 24.2 Å². The first-order valence-electron chi connectivity index (χ1n) is 4.74. The largest absolute Gasteiger partial charge is 0.489 e. The SMILES string of the molecule is CN1c2ccc(F)cc2OCC1CC#N. The minimum atomic E-state index is -0.305. The van der Waals surface area contributed by atoms with Crippen LogP contribution in [0.3, 0.4) is 0 Å². The summed E-state index contributed by atoms with van der Waals surface area (Å²) in [5, 5.41) is 8.64. The lowest BCUT2D eigenvalue weighted by Gasteiger charge is -2.34. The van der Waals surface area contributed by atoms with Crippen LogP contribution in [0.5, 0.6) is 5.75 Å². The molecule has 0 spiro atoms. The Morgan fingerprint density at radius 2 is 2.47 bits per heavy atom. The van der Waals surface area contributed by atoms with E-state index in [9.17, 15) is 4.39 Å². The first-order chi connectivity index (χ1) is 7.22. The van der Waals surface area contributed by atoms with Gasteiger partial charge in [-0.25, -0.2) is 4.39 Å². The lowest BCUT2D eigenvalue weighted by Crippen LogP contribution is -2.40. The van der Waals surface area contributed by atoms with E-state index in [-0.39, 0.29) is 11.9 Å². The van der Waals surface area contributed by atoms with Crippen molar-refractivity contribution in [3.63, 3.8) is 0 Å². The van der Waals surface area contributed by atoms with Crippen LogP contribution in [0.2, 0.25) is 0 Å². The second-order valence-corrected chi connectivity index (χ2v) is 3.55. The lowest BCUT2D eigenvalue weighted by molar-refractivity contribution is 0.267. The van der Waals surface area contributed by atoms with Gasteiger partial charge < -0.3 is 9.64 Å². The molecule has 0 fully saturated rings. The van der Waals surface area contributed by atoms with E-state index >= 15 is 0 Å². The molecule has 4 heteroatoms. The molecule has 15 heavy (non-hydrogen) atoms. The molecule has 1 unspecified atom stereocenters. The standard InChI is InChI=1S/C11H11FN2O/c1-14-9(4-5-13)7-15-11-6-8(12)2-3-10(11)14/h2-3,6,9H,4,7H2,1H3. The Labute approximate surface area is 87.7 Å². The van der Waals surface area contributed by atoms with Gasteiger partial charge in [-0.2, -0.15) is 5.26 Å². The summed E-state index contributed by atoms with van der Waals surface area (Å²) in [6, 6.07) is 6.60. The van der Waals surface area contributed by atoms with E-state index in [1.54, 1.807) is 6.07 Å². The third kappa shape index (κ3) is 1.73. The van der Waals surface area contributed by atoms with Crippen LogP contribution in [0.25, 0.3) is 0 Å². The molecule has 1 aromatic carbocycles. The Hall–Kier alpha value is -1.76. The fourth-order valence-corrected chi connectivity index (χ4v) is 1.69. The molecule has 0 saturated carbocycles.